The number of hydrogen-bond donors (Lipinski definition) is 1. The molecule has 1 aliphatic rings. The van der Waals surface area contributed by atoms with Crippen molar-refractivity contribution in [1.29, 1.82) is 0 Å². The summed E-state index contributed by atoms with van der Waals surface area (Å²) in [4.78, 5) is 12.9. The second kappa shape index (κ2) is 8.61. The number of hydrogen-bond acceptors (Lipinski definition) is 5. The van der Waals surface area contributed by atoms with Gasteiger partial charge in [0.15, 0.2) is 11.5 Å². The number of rotatable bonds is 6. The monoisotopic (exact) mass is 406 g/mol. The Labute approximate surface area is 176 Å². The highest BCUT2D eigenvalue weighted by Gasteiger charge is 2.22. The van der Waals surface area contributed by atoms with Crippen molar-refractivity contribution in [2.45, 2.75) is 45.8 Å². The zero-order valence-corrected chi connectivity index (χ0v) is 17.5. The van der Waals surface area contributed by atoms with Gasteiger partial charge in [-0.1, -0.05) is 29.4 Å². The lowest BCUT2D eigenvalue weighted by Crippen LogP contribution is -2.31. The number of nitrogens with one attached hydrogen (secondary N) is 1. The van der Waals surface area contributed by atoms with Gasteiger partial charge in [-0.25, -0.2) is 0 Å². The van der Waals surface area contributed by atoms with Crippen LogP contribution in [0.4, 0.5) is 0 Å². The van der Waals surface area contributed by atoms with Crippen molar-refractivity contribution in [3.63, 3.8) is 0 Å². The van der Waals surface area contributed by atoms with Crippen molar-refractivity contribution in [2.75, 3.05) is 7.11 Å². The lowest BCUT2D eigenvalue weighted by atomic mass is 9.87. The molecule has 1 aromatic heterocycles. The predicted molar refractivity (Wildman–Crippen MR) is 113 cm³/mol. The molecule has 1 N–H and O–H groups in total. The number of amides is 1. The molecule has 6 heteroatoms. The summed E-state index contributed by atoms with van der Waals surface area (Å²) in [6.07, 6.45) is 3.08. The quantitative estimate of drug-likeness (QED) is 0.643. The van der Waals surface area contributed by atoms with E-state index in [-0.39, 0.29) is 11.9 Å². The predicted octanol–water partition coefficient (Wildman–Crippen LogP) is 4.69. The fraction of sp³-hybridized carbons (Fsp3) is 0.333. The molecule has 0 aliphatic heterocycles. The summed E-state index contributed by atoms with van der Waals surface area (Å²) >= 11 is 0. The van der Waals surface area contributed by atoms with Crippen molar-refractivity contribution < 1.29 is 18.8 Å². The molecule has 1 atom stereocenters. The molecule has 4 rings (SSSR count). The Morgan fingerprint density at radius 3 is 2.80 bits per heavy atom. The molecule has 30 heavy (non-hydrogen) atoms. The number of carbonyl (C=O) groups is 1. The van der Waals surface area contributed by atoms with Crippen LogP contribution in [0.15, 0.2) is 47.0 Å². The van der Waals surface area contributed by atoms with Crippen LogP contribution in [-0.4, -0.2) is 18.2 Å². The fourth-order valence-corrected chi connectivity index (χ4v) is 3.93. The molecule has 2 aromatic carbocycles. The molecule has 1 amide bonds. The van der Waals surface area contributed by atoms with Crippen LogP contribution < -0.4 is 14.8 Å². The summed E-state index contributed by atoms with van der Waals surface area (Å²) < 4.78 is 16.6. The van der Waals surface area contributed by atoms with Crippen LogP contribution in [0.3, 0.4) is 0 Å². The van der Waals surface area contributed by atoms with Gasteiger partial charge in [-0.2, -0.15) is 0 Å². The van der Waals surface area contributed by atoms with E-state index in [2.05, 4.69) is 28.7 Å². The molecule has 0 bridgehead atoms. The van der Waals surface area contributed by atoms with Crippen LogP contribution in [-0.2, 0) is 13.0 Å². The third-order valence-electron chi connectivity index (χ3n) is 5.65. The molecule has 1 aliphatic carbocycles. The van der Waals surface area contributed by atoms with Crippen LogP contribution in [0.5, 0.6) is 11.5 Å². The Morgan fingerprint density at radius 2 is 2.03 bits per heavy atom. The van der Waals surface area contributed by atoms with Crippen LogP contribution in [0, 0.1) is 13.8 Å². The fourth-order valence-electron chi connectivity index (χ4n) is 3.93. The standard InChI is InChI=1S/C24H26N2O4/c1-15-20(16(2)30-26-15)14-29-22-12-11-18(13-23(22)28-3)24(27)25-21-10-6-8-17-7-4-5-9-19(17)21/h4-5,7,9,11-13,21H,6,8,10,14H2,1-3H3,(H,25,27)/t21-/m0/s1. The molecular formula is C24H26N2O4. The lowest BCUT2D eigenvalue weighted by Gasteiger charge is -2.26. The highest BCUT2D eigenvalue weighted by atomic mass is 16.5. The van der Waals surface area contributed by atoms with E-state index in [4.69, 9.17) is 14.0 Å². The molecule has 0 spiro atoms. The molecule has 0 unspecified atom stereocenters. The smallest absolute Gasteiger partial charge is 0.251 e. The Morgan fingerprint density at radius 1 is 1.20 bits per heavy atom. The molecule has 156 valence electrons. The van der Waals surface area contributed by atoms with Gasteiger partial charge in [0.05, 0.1) is 24.4 Å². The molecule has 0 saturated carbocycles. The van der Waals surface area contributed by atoms with E-state index in [1.165, 1.54) is 11.1 Å². The average Bonchev–Trinajstić information content (AvgIpc) is 3.09. The summed E-state index contributed by atoms with van der Waals surface area (Å²) in [5.41, 5.74) is 4.78. The molecule has 0 saturated heterocycles. The summed E-state index contributed by atoms with van der Waals surface area (Å²) in [5.74, 6) is 1.69. The van der Waals surface area contributed by atoms with Gasteiger partial charge in [-0.3, -0.25) is 4.79 Å². The second-order valence-electron chi connectivity index (χ2n) is 7.57. The Hall–Kier alpha value is -3.28. The van der Waals surface area contributed by atoms with Gasteiger partial charge < -0.3 is 19.3 Å². The summed E-state index contributed by atoms with van der Waals surface area (Å²) in [6.45, 7) is 4.05. The third kappa shape index (κ3) is 4.03. The SMILES string of the molecule is COc1cc(C(=O)N[C@H]2CCCc3ccccc32)ccc1OCc1c(C)noc1C. The van der Waals surface area contributed by atoms with Gasteiger partial charge >= 0.3 is 0 Å². The summed E-state index contributed by atoms with van der Waals surface area (Å²) in [5, 5.41) is 7.12. The first-order valence-electron chi connectivity index (χ1n) is 10.2. The lowest BCUT2D eigenvalue weighted by molar-refractivity contribution is 0.0932. The average molecular weight is 406 g/mol. The second-order valence-corrected chi connectivity index (χ2v) is 7.57. The highest BCUT2D eigenvalue weighted by molar-refractivity contribution is 5.95. The van der Waals surface area contributed by atoms with E-state index in [0.29, 0.717) is 23.7 Å². The minimum Gasteiger partial charge on any atom is -0.493 e. The molecule has 1 heterocycles. The van der Waals surface area contributed by atoms with E-state index in [9.17, 15) is 4.79 Å². The van der Waals surface area contributed by atoms with Crippen molar-refractivity contribution in [3.8, 4) is 11.5 Å². The summed E-state index contributed by atoms with van der Waals surface area (Å²) in [6, 6.07) is 13.6. The molecule has 0 radical (unpaired) electrons. The van der Waals surface area contributed by atoms with Gasteiger partial charge in [-0.15, -0.1) is 0 Å². The molecule has 0 fully saturated rings. The number of ether oxygens (including phenoxy) is 2. The van der Waals surface area contributed by atoms with Crippen LogP contribution in [0.1, 0.15) is 57.4 Å². The van der Waals surface area contributed by atoms with Crippen molar-refractivity contribution in [1.82, 2.24) is 10.5 Å². The van der Waals surface area contributed by atoms with E-state index in [0.717, 1.165) is 36.3 Å². The largest absolute Gasteiger partial charge is 0.493 e. The van der Waals surface area contributed by atoms with Crippen LogP contribution in [0.25, 0.3) is 0 Å². The maximum atomic E-state index is 12.9. The first kappa shape index (κ1) is 20.0. The summed E-state index contributed by atoms with van der Waals surface area (Å²) in [7, 11) is 1.57. The molecule has 3 aromatic rings. The minimum atomic E-state index is -0.118. The Bertz CT molecular complexity index is 1040. The van der Waals surface area contributed by atoms with Crippen molar-refractivity contribution >= 4 is 5.91 Å². The Balaban J connectivity index is 1.48. The number of benzene rings is 2. The number of methoxy groups -OCH3 is 1. The van der Waals surface area contributed by atoms with Gasteiger partial charge in [0.2, 0.25) is 0 Å². The highest BCUT2D eigenvalue weighted by Crippen LogP contribution is 2.32. The van der Waals surface area contributed by atoms with E-state index >= 15 is 0 Å². The van der Waals surface area contributed by atoms with E-state index in [1.807, 2.05) is 19.9 Å². The normalized spacial score (nSPS) is 15.4. The van der Waals surface area contributed by atoms with E-state index < -0.39 is 0 Å². The first-order valence-corrected chi connectivity index (χ1v) is 10.2. The third-order valence-corrected chi connectivity index (χ3v) is 5.65. The topological polar surface area (TPSA) is 73.6 Å². The maximum absolute atomic E-state index is 12.9. The molecular weight excluding hydrogens is 380 g/mol. The Kier molecular flexibility index (Phi) is 5.74. The van der Waals surface area contributed by atoms with E-state index in [1.54, 1.807) is 25.3 Å². The molecule has 6 nitrogen and oxygen atoms in total. The zero-order valence-electron chi connectivity index (χ0n) is 17.5. The number of fused-ring (bicyclic) bond motifs is 1. The maximum Gasteiger partial charge on any atom is 0.251 e. The minimum absolute atomic E-state index is 0.0314. The van der Waals surface area contributed by atoms with Crippen LogP contribution in [0.2, 0.25) is 0 Å². The number of aryl methyl sites for hydroxylation is 3. The van der Waals surface area contributed by atoms with Gasteiger partial charge in [0, 0.05) is 5.56 Å². The number of nitrogens with zero attached hydrogens (tertiary/aromatic N) is 1. The first-order chi connectivity index (χ1) is 14.6. The number of aromatic nitrogens is 1. The van der Waals surface area contributed by atoms with Crippen LogP contribution >= 0.6 is 0 Å². The van der Waals surface area contributed by atoms with Crippen molar-refractivity contribution in [2.24, 2.45) is 0 Å². The van der Waals surface area contributed by atoms with Gasteiger partial charge in [-0.05, 0) is 62.4 Å². The van der Waals surface area contributed by atoms with Crippen molar-refractivity contribution in [3.05, 3.63) is 76.2 Å². The zero-order chi connectivity index (χ0) is 21.1. The van der Waals surface area contributed by atoms with Gasteiger partial charge in [0.25, 0.3) is 5.91 Å². The van der Waals surface area contributed by atoms with Gasteiger partial charge in [0.1, 0.15) is 12.4 Å². The number of carbonyl (C=O) groups excluding carboxylic acids is 1.